The van der Waals surface area contributed by atoms with E-state index in [0.29, 0.717) is 0 Å². The maximum absolute atomic E-state index is 5.51. The Morgan fingerprint density at radius 2 is 1.72 bits per heavy atom. The summed E-state index contributed by atoms with van der Waals surface area (Å²) < 4.78 is 5.51. The van der Waals surface area contributed by atoms with E-state index in [1.54, 1.807) is 19.5 Å². The van der Waals surface area contributed by atoms with Crippen LogP contribution in [0.4, 0.5) is 0 Å². The number of rotatable bonds is 4. The van der Waals surface area contributed by atoms with Crippen LogP contribution in [0.15, 0.2) is 85.2 Å². The van der Waals surface area contributed by atoms with E-state index in [9.17, 15) is 0 Å². The Morgan fingerprint density at radius 3 is 2.52 bits per heavy atom. The number of H-pyrrole nitrogens is 1. The molecule has 0 amide bonds. The van der Waals surface area contributed by atoms with E-state index in [0.717, 1.165) is 34.7 Å². The van der Waals surface area contributed by atoms with Gasteiger partial charge in [-0.05, 0) is 35.4 Å². The molecular formula is C25H21N3O. The number of benzene rings is 2. The lowest BCUT2D eigenvalue weighted by Crippen LogP contribution is -2.30. The summed E-state index contributed by atoms with van der Waals surface area (Å²) in [4.78, 5) is 4.12. The molecule has 0 saturated heterocycles. The molecular weight excluding hydrogens is 358 g/mol. The Kier molecular flexibility index (Phi) is 4.24. The van der Waals surface area contributed by atoms with Crippen molar-refractivity contribution < 1.29 is 4.74 Å². The third kappa shape index (κ3) is 2.93. The number of aromatic amines is 1. The predicted molar refractivity (Wildman–Crippen MR) is 115 cm³/mol. The SMILES string of the molecule is COc1cccc(C2(c3ccccc3)C=Cc3c(-c4ccncc4)n[nH]c3C2)c1. The van der Waals surface area contributed by atoms with Gasteiger partial charge >= 0.3 is 0 Å². The molecule has 4 heteroatoms. The van der Waals surface area contributed by atoms with E-state index in [1.165, 1.54) is 11.1 Å². The van der Waals surface area contributed by atoms with Gasteiger partial charge in [-0.1, -0.05) is 54.6 Å². The molecule has 0 spiro atoms. The van der Waals surface area contributed by atoms with Gasteiger partial charge in [0.05, 0.1) is 12.8 Å². The summed E-state index contributed by atoms with van der Waals surface area (Å²) in [6.45, 7) is 0. The van der Waals surface area contributed by atoms with Gasteiger partial charge in [0.2, 0.25) is 0 Å². The van der Waals surface area contributed by atoms with E-state index in [4.69, 9.17) is 4.74 Å². The van der Waals surface area contributed by atoms with Crippen molar-refractivity contribution in [2.24, 2.45) is 0 Å². The first kappa shape index (κ1) is 17.4. The molecule has 0 fully saturated rings. The lowest BCUT2D eigenvalue weighted by Gasteiger charge is -2.34. The van der Waals surface area contributed by atoms with Crippen molar-refractivity contribution in [2.45, 2.75) is 11.8 Å². The molecule has 0 saturated carbocycles. The van der Waals surface area contributed by atoms with Gasteiger partial charge in [0.1, 0.15) is 5.75 Å². The summed E-state index contributed by atoms with van der Waals surface area (Å²) in [6.07, 6.45) is 8.90. The van der Waals surface area contributed by atoms with Gasteiger partial charge in [0.25, 0.3) is 0 Å². The highest BCUT2D eigenvalue weighted by atomic mass is 16.5. The Balaban J connectivity index is 1.66. The fourth-order valence-corrected chi connectivity index (χ4v) is 4.19. The molecule has 1 N–H and O–H groups in total. The molecule has 0 bridgehead atoms. The summed E-state index contributed by atoms with van der Waals surface area (Å²) in [6, 6.07) is 22.9. The van der Waals surface area contributed by atoms with E-state index in [-0.39, 0.29) is 5.41 Å². The normalized spacial score (nSPS) is 17.7. The van der Waals surface area contributed by atoms with Crippen LogP contribution in [-0.2, 0) is 11.8 Å². The maximum atomic E-state index is 5.51. The quantitative estimate of drug-likeness (QED) is 0.541. The Labute approximate surface area is 169 Å². The first-order chi connectivity index (χ1) is 14.3. The standard InChI is InChI=1S/C25H21N3O/c1-29-21-9-5-8-20(16-21)25(19-6-3-2-4-7-19)13-10-22-23(17-25)27-28-24(22)18-11-14-26-15-12-18/h2-16H,17H2,1H3,(H,27,28). The molecule has 1 unspecified atom stereocenters. The van der Waals surface area contributed by atoms with Crippen LogP contribution in [-0.4, -0.2) is 22.3 Å². The molecule has 1 aliphatic carbocycles. The molecule has 142 valence electrons. The minimum atomic E-state index is -0.287. The zero-order valence-electron chi connectivity index (χ0n) is 16.2. The highest BCUT2D eigenvalue weighted by molar-refractivity contribution is 5.76. The number of hydrogen-bond donors (Lipinski definition) is 1. The van der Waals surface area contributed by atoms with Gasteiger partial charge in [-0.3, -0.25) is 10.1 Å². The van der Waals surface area contributed by atoms with E-state index in [2.05, 4.69) is 75.9 Å². The molecule has 5 rings (SSSR count). The summed E-state index contributed by atoms with van der Waals surface area (Å²) >= 11 is 0. The van der Waals surface area contributed by atoms with Crippen LogP contribution in [0.5, 0.6) is 5.75 Å². The average molecular weight is 379 g/mol. The van der Waals surface area contributed by atoms with Gasteiger partial charge in [-0.25, -0.2) is 0 Å². The highest BCUT2D eigenvalue weighted by Gasteiger charge is 2.36. The first-order valence-corrected chi connectivity index (χ1v) is 9.67. The number of aromatic nitrogens is 3. The smallest absolute Gasteiger partial charge is 0.119 e. The van der Waals surface area contributed by atoms with Crippen molar-refractivity contribution in [1.29, 1.82) is 0 Å². The third-order valence-electron chi connectivity index (χ3n) is 5.70. The van der Waals surface area contributed by atoms with Gasteiger partial charge in [0, 0.05) is 41.1 Å². The molecule has 1 aliphatic rings. The molecule has 0 aliphatic heterocycles. The number of methoxy groups -OCH3 is 1. The number of nitrogens with one attached hydrogen (secondary N) is 1. The topological polar surface area (TPSA) is 50.8 Å². The zero-order valence-corrected chi connectivity index (χ0v) is 16.2. The summed E-state index contributed by atoms with van der Waals surface area (Å²) in [5, 5.41) is 7.92. The van der Waals surface area contributed by atoms with Crippen molar-refractivity contribution in [3.8, 4) is 17.0 Å². The van der Waals surface area contributed by atoms with Gasteiger partial charge < -0.3 is 4.74 Å². The fraction of sp³-hybridized carbons (Fsp3) is 0.120. The van der Waals surface area contributed by atoms with Gasteiger partial charge in [-0.2, -0.15) is 5.10 Å². The summed E-state index contributed by atoms with van der Waals surface area (Å²) in [5.41, 5.74) is 6.46. The minimum absolute atomic E-state index is 0.287. The second-order valence-electron chi connectivity index (χ2n) is 7.28. The lowest BCUT2D eigenvalue weighted by molar-refractivity contribution is 0.413. The highest BCUT2D eigenvalue weighted by Crippen LogP contribution is 2.43. The third-order valence-corrected chi connectivity index (χ3v) is 5.70. The van der Waals surface area contributed by atoms with Crippen LogP contribution in [0.3, 0.4) is 0 Å². The largest absolute Gasteiger partial charge is 0.497 e. The van der Waals surface area contributed by atoms with Crippen molar-refractivity contribution in [1.82, 2.24) is 15.2 Å². The number of allylic oxidation sites excluding steroid dienone is 1. The second kappa shape index (κ2) is 7.06. The van der Waals surface area contributed by atoms with Gasteiger partial charge in [0.15, 0.2) is 0 Å². The lowest BCUT2D eigenvalue weighted by atomic mass is 9.68. The minimum Gasteiger partial charge on any atom is -0.497 e. The second-order valence-corrected chi connectivity index (χ2v) is 7.28. The van der Waals surface area contributed by atoms with Crippen molar-refractivity contribution >= 4 is 6.08 Å². The molecule has 29 heavy (non-hydrogen) atoms. The molecule has 2 aromatic heterocycles. The number of fused-ring (bicyclic) bond motifs is 1. The fourth-order valence-electron chi connectivity index (χ4n) is 4.19. The zero-order chi connectivity index (χ0) is 19.7. The maximum Gasteiger partial charge on any atom is 0.119 e. The van der Waals surface area contributed by atoms with E-state index >= 15 is 0 Å². The van der Waals surface area contributed by atoms with Crippen LogP contribution in [0, 0.1) is 0 Å². The van der Waals surface area contributed by atoms with Crippen molar-refractivity contribution in [3.63, 3.8) is 0 Å². The molecule has 0 radical (unpaired) electrons. The molecule has 2 aromatic carbocycles. The monoisotopic (exact) mass is 379 g/mol. The predicted octanol–water partition coefficient (Wildman–Crippen LogP) is 5.04. The first-order valence-electron chi connectivity index (χ1n) is 9.67. The molecule has 4 nitrogen and oxygen atoms in total. The van der Waals surface area contributed by atoms with Crippen LogP contribution in [0.2, 0.25) is 0 Å². The molecule has 4 aromatic rings. The summed E-state index contributed by atoms with van der Waals surface area (Å²) in [7, 11) is 1.71. The van der Waals surface area contributed by atoms with Crippen LogP contribution in [0.25, 0.3) is 17.3 Å². The van der Waals surface area contributed by atoms with E-state index < -0.39 is 0 Å². The van der Waals surface area contributed by atoms with Crippen LogP contribution in [0.1, 0.15) is 22.4 Å². The average Bonchev–Trinajstić information content (AvgIpc) is 3.23. The Morgan fingerprint density at radius 1 is 0.931 bits per heavy atom. The van der Waals surface area contributed by atoms with Crippen LogP contribution >= 0.6 is 0 Å². The molecule has 2 heterocycles. The number of nitrogens with zero attached hydrogens (tertiary/aromatic N) is 2. The number of hydrogen-bond acceptors (Lipinski definition) is 3. The van der Waals surface area contributed by atoms with Crippen molar-refractivity contribution in [3.05, 3.63) is 108 Å². The van der Waals surface area contributed by atoms with Gasteiger partial charge in [-0.15, -0.1) is 0 Å². The van der Waals surface area contributed by atoms with E-state index in [1.807, 2.05) is 18.2 Å². The summed E-state index contributed by atoms with van der Waals surface area (Å²) in [5.74, 6) is 0.860. The number of ether oxygens (including phenoxy) is 1. The molecule has 1 atom stereocenters. The van der Waals surface area contributed by atoms with Crippen LogP contribution < -0.4 is 4.74 Å². The van der Waals surface area contributed by atoms with Crippen molar-refractivity contribution in [2.75, 3.05) is 7.11 Å². The Hall–Kier alpha value is -3.66. The number of pyridine rings is 1. The Bertz CT molecular complexity index is 1170.